The Hall–Kier alpha value is -0.220. The first-order chi connectivity index (χ1) is 5.62. The largest absolute Gasteiger partial charge is 0.395 e. The number of hydrogen-bond donors (Lipinski definition) is 2. The van der Waals surface area contributed by atoms with Gasteiger partial charge in [-0.15, -0.1) is 0 Å². The SMILES string of the molecule is OCC1NCC2CC(F)(F)CC21. The predicted octanol–water partition coefficient (Wildman–Crippen LogP) is 0.612. The van der Waals surface area contributed by atoms with E-state index < -0.39 is 5.92 Å². The first kappa shape index (κ1) is 8.38. The van der Waals surface area contributed by atoms with E-state index in [0.717, 1.165) is 0 Å². The van der Waals surface area contributed by atoms with E-state index in [1.54, 1.807) is 0 Å². The molecule has 1 saturated carbocycles. The summed E-state index contributed by atoms with van der Waals surface area (Å²) in [4.78, 5) is 0. The van der Waals surface area contributed by atoms with Gasteiger partial charge in [0.1, 0.15) is 0 Å². The molecule has 1 aliphatic heterocycles. The number of fused-ring (bicyclic) bond motifs is 1. The molecule has 0 radical (unpaired) electrons. The van der Waals surface area contributed by atoms with Crippen LogP contribution < -0.4 is 5.32 Å². The van der Waals surface area contributed by atoms with Gasteiger partial charge >= 0.3 is 0 Å². The molecule has 0 aromatic heterocycles. The van der Waals surface area contributed by atoms with Crippen molar-refractivity contribution in [2.45, 2.75) is 24.8 Å². The Labute approximate surface area is 70.0 Å². The smallest absolute Gasteiger partial charge is 0.248 e. The lowest BCUT2D eigenvalue weighted by atomic mass is 9.95. The lowest BCUT2D eigenvalue weighted by molar-refractivity contribution is -0.00159. The monoisotopic (exact) mass is 177 g/mol. The molecule has 2 aliphatic rings. The predicted molar refractivity (Wildman–Crippen MR) is 40.0 cm³/mol. The zero-order valence-electron chi connectivity index (χ0n) is 6.76. The van der Waals surface area contributed by atoms with Crippen molar-refractivity contribution in [1.29, 1.82) is 0 Å². The number of halogens is 2. The first-order valence-electron chi connectivity index (χ1n) is 4.34. The quantitative estimate of drug-likeness (QED) is 0.615. The maximum atomic E-state index is 12.9. The molecule has 1 saturated heterocycles. The summed E-state index contributed by atoms with van der Waals surface area (Å²) in [7, 11) is 0. The van der Waals surface area contributed by atoms with E-state index in [1.807, 2.05) is 0 Å². The minimum atomic E-state index is -2.48. The average Bonchev–Trinajstić information content (AvgIpc) is 2.42. The number of hydrogen-bond acceptors (Lipinski definition) is 2. The van der Waals surface area contributed by atoms with Crippen molar-refractivity contribution in [3.8, 4) is 0 Å². The van der Waals surface area contributed by atoms with Crippen LogP contribution in [0, 0.1) is 11.8 Å². The van der Waals surface area contributed by atoms with Crippen LogP contribution in [-0.2, 0) is 0 Å². The molecule has 0 amide bonds. The molecule has 1 heterocycles. The molecule has 0 aromatic carbocycles. The molecule has 4 heteroatoms. The van der Waals surface area contributed by atoms with Gasteiger partial charge in [-0.25, -0.2) is 8.78 Å². The number of alkyl halides is 2. The summed E-state index contributed by atoms with van der Waals surface area (Å²) in [5.41, 5.74) is 0. The van der Waals surface area contributed by atoms with Gasteiger partial charge in [0, 0.05) is 18.9 Å². The van der Waals surface area contributed by atoms with Gasteiger partial charge in [0.25, 0.3) is 0 Å². The molecule has 1 aliphatic carbocycles. The Balaban J connectivity index is 2.06. The van der Waals surface area contributed by atoms with E-state index in [2.05, 4.69) is 5.32 Å². The molecule has 3 atom stereocenters. The molecule has 2 N–H and O–H groups in total. The van der Waals surface area contributed by atoms with Crippen LogP contribution >= 0.6 is 0 Å². The molecule has 0 aromatic rings. The van der Waals surface area contributed by atoms with Crippen molar-refractivity contribution in [3.05, 3.63) is 0 Å². The highest BCUT2D eigenvalue weighted by molar-refractivity contribution is 4.99. The molecular formula is C8H13F2NO. The fraction of sp³-hybridized carbons (Fsp3) is 1.00. The lowest BCUT2D eigenvalue weighted by Gasteiger charge is -2.15. The zero-order valence-corrected chi connectivity index (χ0v) is 6.76. The Morgan fingerprint density at radius 2 is 2.17 bits per heavy atom. The van der Waals surface area contributed by atoms with E-state index in [9.17, 15) is 8.78 Å². The van der Waals surface area contributed by atoms with E-state index in [1.165, 1.54) is 0 Å². The molecule has 0 bridgehead atoms. The van der Waals surface area contributed by atoms with Crippen molar-refractivity contribution >= 4 is 0 Å². The topological polar surface area (TPSA) is 32.3 Å². The van der Waals surface area contributed by atoms with Gasteiger partial charge < -0.3 is 10.4 Å². The van der Waals surface area contributed by atoms with Gasteiger partial charge in [-0.3, -0.25) is 0 Å². The van der Waals surface area contributed by atoms with Gasteiger partial charge in [-0.1, -0.05) is 0 Å². The van der Waals surface area contributed by atoms with Gasteiger partial charge in [-0.05, 0) is 18.4 Å². The molecule has 0 spiro atoms. The van der Waals surface area contributed by atoms with Gasteiger partial charge in [0.05, 0.1) is 6.61 Å². The van der Waals surface area contributed by atoms with Gasteiger partial charge in [0.15, 0.2) is 0 Å². The van der Waals surface area contributed by atoms with Crippen LogP contribution in [0.2, 0.25) is 0 Å². The van der Waals surface area contributed by atoms with Crippen LogP contribution in [0.1, 0.15) is 12.8 Å². The van der Waals surface area contributed by atoms with Gasteiger partial charge in [0.2, 0.25) is 5.92 Å². The second kappa shape index (κ2) is 2.64. The van der Waals surface area contributed by atoms with E-state index in [4.69, 9.17) is 5.11 Å². The average molecular weight is 177 g/mol. The van der Waals surface area contributed by atoms with Crippen LogP contribution in [0.5, 0.6) is 0 Å². The zero-order chi connectivity index (χ0) is 8.77. The third-order valence-electron chi connectivity index (χ3n) is 3.06. The molecule has 3 unspecified atom stereocenters. The Kier molecular flexibility index (Phi) is 1.84. The van der Waals surface area contributed by atoms with Crippen LogP contribution in [0.3, 0.4) is 0 Å². The summed E-state index contributed by atoms with van der Waals surface area (Å²) < 4.78 is 25.7. The summed E-state index contributed by atoms with van der Waals surface area (Å²) in [6.07, 6.45) is -0.0446. The normalized spacial score (nSPS) is 44.8. The molecule has 2 nitrogen and oxygen atoms in total. The maximum absolute atomic E-state index is 12.9. The highest BCUT2D eigenvalue weighted by Crippen LogP contribution is 2.46. The minimum Gasteiger partial charge on any atom is -0.395 e. The third kappa shape index (κ3) is 1.23. The standard InChI is InChI=1S/C8H13F2NO/c9-8(10)1-5-3-11-7(4-12)6(5)2-8/h5-7,11-12H,1-4H2. The van der Waals surface area contributed by atoms with Crippen molar-refractivity contribution < 1.29 is 13.9 Å². The Morgan fingerprint density at radius 1 is 1.42 bits per heavy atom. The molecule has 2 rings (SSSR count). The van der Waals surface area contributed by atoms with E-state index in [0.29, 0.717) is 6.54 Å². The van der Waals surface area contributed by atoms with Crippen LogP contribution in [0.4, 0.5) is 8.78 Å². The number of aliphatic hydroxyl groups excluding tert-OH is 1. The highest BCUT2D eigenvalue weighted by atomic mass is 19.3. The fourth-order valence-electron chi connectivity index (χ4n) is 2.48. The molecular weight excluding hydrogens is 164 g/mol. The third-order valence-corrected chi connectivity index (χ3v) is 3.06. The molecule has 12 heavy (non-hydrogen) atoms. The van der Waals surface area contributed by atoms with Crippen LogP contribution in [0.25, 0.3) is 0 Å². The maximum Gasteiger partial charge on any atom is 0.248 e. The number of aliphatic hydroxyl groups is 1. The first-order valence-corrected chi connectivity index (χ1v) is 4.34. The molecule has 70 valence electrons. The van der Waals surface area contributed by atoms with E-state index >= 15 is 0 Å². The molecule has 2 fully saturated rings. The summed E-state index contributed by atoms with van der Waals surface area (Å²) in [5.74, 6) is -2.41. The van der Waals surface area contributed by atoms with Crippen molar-refractivity contribution in [3.63, 3.8) is 0 Å². The van der Waals surface area contributed by atoms with Crippen molar-refractivity contribution in [2.75, 3.05) is 13.2 Å². The van der Waals surface area contributed by atoms with Crippen LogP contribution in [-0.4, -0.2) is 30.2 Å². The van der Waals surface area contributed by atoms with Gasteiger partial charge in [-0.2, -0.15) is 0 Å². The second-order valence-electron chi connectivity index (χ2n) is 3.89. The van der Waals surface area contributed by atoms with Crippen molar-refractivity contribution in [1.82, 2.24) is 5.32 Å². The summed E-state index contributed by atoms with van der Waals surface area (Å²) in [6, 6.07) is -0.0941. The second-order valence-corrected chi connectivity index (χ2v) is 3.89. The fourth-order valence-corrected chi connectivity index (χ4v) is 2.48. The summed E-state index contributed by atoms with van der Waals surface area (Å²) in [6.45, 7) is 0.628. The summed E-state index contributed by atoms with van der Waals surface area (Å²) >= 11 is 0. The Morgan fingerprint density at radius 3 is 2.83 bits per heavy atom. The lowest BCUT2D eigenvalue weighted by Crippen LogP contribution is -2.32. The Bertz CT molecular complexity index is 186. The minimum absolute atomic E-state index is 0.00116. The summed E-state index contributed by atoms with van der Waals surface area (Å²) in [5, 5.41) is 11.9. The van der Waals surface area contributed by atoms with E-state index in [-0.39, 0.29) is 37.3 Å². The highest BCUT2D eigenvalue weighted by Gasteiger charge is 2.51. The van der Waals surface area contributed by atoms with Crippen LogP contribution in [0.15, 0.2) is 0 Å². The number of nitrogens with one attached hydrogen (secondary N) is 1. The number of rotatable bonds is 1. The van der Waals surface area contributed by atoms with Crippen molar-refractivity contribution in [2.24, 2.45) is 11.8 Å².